The Morgan fingerprint density at radius 3 is 3.00 bits per heavy atom. The van der Waals surface area contributed by atoms with Gasteiger partial charge in [0.25, 0.3) is 0 Å². The average molecular weight is 266 g/mol. The van der Waals surface area contributed by atoms with Crippen LogP contribution in [0.1, 0.15) is 25.7 Å². The molecule has 0 saturated carbocycles. The van der Waals surface area contributed by atoms with Gasteiger partial charge in [0, 0.05) is 23.5 Å². The second-order valence-electron chi connectivity index (χ2n) is 3.27. The third-order valence-corrected chi connectivity index (χ3v) is 3.81. The van der Waals surface area contributed by atoms with Crippen LogP contribution in [0.25, 0.3) is 0 Å². The first kappa shape index (κ1) is 11.4. The lowest BCUT2D eigenvalue weighted by atomic mass is 10.2. The second-order valence-corrected chi connectivity index (χ2v) is 5.22. The zero-order valence-corrected chi connectivity index (χ0v) is 10.1. The molecular weight excluding hydrogens is 250 g/mol. The van der Waals surface area contributed by atoms with Crippen molar-refractivity contribution < 1.29 is 4.79 Å². The number of nitrogens with one attached hydrogen (secondary N) is 1. The second kappa shape index (κ2) is 6.71. The Hall–Kier alpha value is 0.300. The lowest BCUT2D eigenvalue weighted by molar-refractivity contribution is -0.121. The molecule has 76 valence electrons. The summed E-state index contributed by atoms with van der Waals surface area (Å²) >= 11 is 5.28. The van der Waals surface area contributed by atoms with E-state index in [1.54, 1.807) is 0 Å². The number of unbranched alkanes of at least 4 members (excludes halogenated alkanes) is 1. The van der Waals surface area contributed by atoms with Gasteiger partial charge in [0.05, 0.1) is 0 Å². The molecule has 1 amide bonds. The maximum atomic E-state index is 11.3. The van der Waals surface area contributed by atoms with Crippen molar-refractivity contribution in [1.82, 2.24) is 5.32 Å². The molecule has 1 heterocycles. The average Bonchev–Trinajstić information content (AvgIpc) is 2.57. The fourth-order valence-corrected chi connectivity index (χ4v) is 2.88. The minimum atomic E-state index is 0.230. The minimum absolute atomic E-state index is 0.230. The Kier molecular flexibility index (Phi) is 5.87. The fourth-order valence-electron chi connectivity index (χ4n) is 1.33. The molecule has 0 aromatic heterocycles. The highest BCUT2D eigenvalue weighted by Crippen LogP contribution is 2.17. The van der Waals surface area contributed by atoms with Crippen molar-refractivity contribution in [2.24, 2.45) is 0 Å². The van der Waals surface area contributed by atoms with Crippen molar-refractivity contribution in [3.8, 4) is 0 Å². The first-order chi connectivity index (χ1) is 6.33. The summed E-state index contributed by atoms with van der Waals surface area (Å²) in [6, 6.07) is 0.446. The topological polar surface area (TPSA) is 29.1 Å². The molecule has 0 aliphatic carbocycles. The Labute approximate surface area is 92.4 Å². The summed E-state index contributed by atoms with van der Waals surface area (Å²) in [4.78, 5) is 11.3. The van der Waals surface area contributed by atoms with E-state index >= 15 is 0 Å². The van der Waals surface area contributed by atoms with E-state index < -0.39 is 0 Å². The first-order valence-electron chi connectivity index (χ1n) is 4.76. The van der Waals surface area contributed by atoms with Gasteiger partial charge in [0.1, 0.15) is 0 Å². The predicted molar refractivity (Wildman–Crippen MR) is 61.5 cm³/mol. The maximum absolute atomic E-state index is 11.3. The standard InChI is InChI=1S/C9H16BrNOS/c10-5-2-1-3-9(12)11-8-4-6-13-7-8/h8H,1-7H2,(H,11,12). The van der Waals surface area contributed by atoms with Gasteiger partial charge in [-0.15, -0.1) is 0 Å². The van der Waals surface area contributed by atoms with Crippen molar-refractivity contribution in [1.29, 1.82) is 0 Å². The van der Waals surface area contributed by atoms with E-state index in [2.05, 4.69) is 21.2 Å². The van der Waals surface area contributed by atoms with Gasteiger partial charge in [-0.05, 0) is 25.0 Å². The van der Waals surface area contributed by atoms with Crippen LogP contribution in [0.2, 0.25) is 0 Å². The molecule has 1 aliphatic rings. The summed E-state index contributed by atoms with van der Waals surface area (Å²) in [6.45, 7) is 0. The molecule has 1 aliphatic heterocycles. The molecule has 1 atom stereocenters. The van der Waals surface area contributed by atoms with Crippen LogP contribution in [-0.4, -0.2) is 28.8 Å². The van der Waals surface area contributed by atoms with E-state index in [1.165, 1.54) is 5.75 Å². The number of halogens is 1. The van der Waals surface area contributed by atoms with Gasteiger partial charge < -0.3 is 5.32 Å². The van der Waals surface area contributed by atoms with E-state index in [0.29, 0.717) is 12.5 Å². The summed E-state index contributed by atoms with van der Waals surface area (Å²) in [5.41, 5.74) is 0. The van der Waals surface area contributed by atoms with E-state index in [9.17, 15) is 4.79 Å². The Morgan fingerprint density at radius 1 is 1.54 bits per heavy atom. The van der Waals surface area contributed by atoms with Crippen LogP contribution in [0.5, 0.6) is 0 Å². The molecule has 1 rings (SSSR count). The van der Waals surface area contributed by atoms with Gasteiger partial charge in [-0.1, -0.05) is 15.9 Å². The zero-order valence-electron chi connectivity index (χ0n) is 7.72. The van der Waals surface area contributed by atoms with Crippen molar-refractivity contribution in [3.63, 3.8) is 0 Å². The van der Waals surface area contributed by atoms with Crippen LogP contribution in [0.4, 0.5) is 0 Å². The summed E-state index contributed by atoms with van der Waals surface area (Å²) in [5.74, 6) is 2.53. The van der Waals surface area contributed by atoms with Crippen LogP contribution < -0.4 is 5.32 Å². The molecule has 0 aromatic rings. The quantitative estimate of drug-likeness (QED) is 0.610. The molecule has 4 heteroatoms. The Balaban J connectivity index is 2.02. The van der Waals surface area contributed by atoms with Crippen LogP contribution in [0, 0.1) is 0 Å². The summed E-state index contributed by atoms with van der Waals surface area (Å²) in [7, 11) is 0. The molecule has 1 N–H and O–H groups in total. The number of rotatable bonds is 5. The lowest BCUT2D eigenvalue weighted by Crippen LogP contribution is -2.34. The number of carbonyl (C=O) groups excluding carboxylic acids is 1. The molecule has 0 radical (unpaired) electrons. The molecule has 1 fully saturated rings. The van der Waals surface area contributed by atoms with Crippen molar-refractivity contribution >= 4 is 33.6 Å². The van der Waals surface area contributed by atoms with Crippen LogP contribution in [0.15, 0.2) is 0 Å². The molecule has 0 spiro atoms. The SMILES string of the molecule is O=C(CCCCBr)NC1CCSC1. The van der Waals surface area contributed by atoms with Crippen molar-refractivity contribution in [3.05, 3.63) is 0 Å². The van der Waals surface area contributed by atoms with Crippen molar-refractivity contribution in [2.75, 3.05) is 16.8 Å². The smallest absolute Gasteiger partial charge is 0.220 e. The number of amides is 1. The maximum Gasteiger partial charge on any atom is 0.220 e. The lowest BCUT2D eigenvalue weighted by Gasteiger charge is -2.10. The van der Waals surface area contributed by atoms with Crippen LogP contribution in [0.3, 0.4) is 0 Å². The predicted octanol–water partition coefficient (Wildman–Crippen LogP) is 2.17. The largest absolute Gasteiger partial charge is 0.353 e. The van der Waals surface area contributed by atoms with E-state index in [1.807, 2.05) is 11.8 Å². The van der Waals surface area contributed by atoms with Gasteiger partial charge in [-0.3, -0.25) is 4.79 Å². The summed E-state index contributed by atoms with van der Waals surface area (Å²) < 4.78 is 0. The first-order valence-corrected chi connectivity index (χ1v) is 7.03. The number of alkyl halides is 1. The molecule has 0 aromatic carbocycles. The van der Waals surface area contributed by atoms with E-state index in [4.69, 9.17) is 0 Å². The van der Waals surface area contributed by atoms with Gasteiger partial charge >= 0.3 is 0 Å². The Bertz CT molecular complexity index is 160. The summed E-state index contributed by atoms with van der Waals surface area (Å²) in [6.07, 6.45) is 3.92. The Morgan fingerprint density at radius 2 is 2.38 bits per heavy atom. The molecule has 13 heavy (non-hydrogen) atoms. The highest BCUT2D eigenvalue weighted by Gasteiger charge is 2.16. The molecule has 1 unspecified atom stereocenters. The monoisotopic (exact) mass is 265 g/mol. The van der Waals surface area contributed by atoms with E-state index in [-0.39, 0.29) is 5.91 Å². The molecule has 1 saturated heterocycles. The minimum Gasteiger partial charge on any atom is -0.353 e. The number of hydrogen-bond acceptors (Lipinski definition) is 2. The van der Waals surface area contributed by atoms with Gasteiger partial charge in [0.15, 0.2) is 0 Å². The third kappa shape index (κ3) is 4.91. The van der Waals surface area contributed by atoms with Crippen molar-refractivity contribution in [2.45, 2.75) is 31.7 Å². The molecule has 2 nitrogen and oxygen atoms in total. The number of thioether (sulfide) groups is 1. The number of carbonyl (C=O) groups is 1. The van der Waals surface area contributed by atoms with Crippen LogP contribution in [-0.2, 0) is 4.79 Å². The van der Waals surface area contributed by atoms with E-state index in [0.717, 1.165) is 30.3 Å². The van der Waals surface area contributed by atoms with Gasteiger partial charge in [0.2, 0.25) is 5.91 Å². The fraction of sp³-hybridized carbons (Fsp3) is 0.889. The molecule has 0 bridgehead atoms. The third-order valence-electron chi connectivity index (χ3n) is 2.08. The van der Waals surface area contributed by atoms with Gasteiger partial charge in [-0.2, -0.15) is 11.8 Å². The van der Waals surface area contributed by atoms with Crippen LogP contribution >= 0.6 is 27.7 Å². The highest BCUT2D eigenvalue weighted by atomic mass is 79.9. The van der Waals surface area contributed by atoms with Gasteiger partial charge in [-0.25, -0.2) is 0 Å². The normalized spacial score (nSPS) is 21.8. The highest BCUT2D eigenvalue weighted by molar-refractivity contribution is 9.09. The zero-order chi connectivity index (χ0) is 9.52. The summed E-state index contributed by atoms with van der Waals surface area (Å²) in [5, 5.41) is 4.06. The molecular formula is C9H16BrNOS. The number of hydrogen-bond donors (Lipinski definition) is 1.